The van der Waals surface area contributed by atoms with E-state index < -0.39 is 18.7 Å². The second kappa shape index (κ2) is 6.86. The first-order chi connectivity index (χ1) is 11.6. The molecule has 0 radical (unpaired) electrons. The standard InChI is InChI=1S/C18H14ClNO4/c19-14-7-3-1-6-12(14)17(22)18(23)24-10-16(21)13-9-20-15-8-4-2-5-11(13)15/h1-9,17,20,22H,10H2/t17-/m1/s1. The number of hydrogen-bond donors (Lipinski definition) is 2. The van der Waals surface area contributed by atoms with E-state index in [2.05, 4.69) is 4.98 Å². The zero-order valence-electron chi connectivity index (χ0n) is 12.5. The second-order valence-corrected chi connectivity index (χ2v) is 5.61. The zero-order valence-corrected chi connectivity index (χ0v) is 13.3. The Labute approximate surface area is 142 Å². The third kappa shape index (κ3) is 3.18. The van der Waals surface area contributed by atoms with Crippen LogP contribution in [0, 0.1) is 0 Å². The molecule has 1 heterocycles. The first kappa shape index (κ1) is 16.2. The molecule has 0 aliphatic rings. The number of rotatable bonds is 5. The Kier molecular flexibility index (Phi) is 4.64. The molecule has 0 fully saturated rings. The third-order valence-corrected chi connectivity index (χ3v) is 4.00. The number of ether oxygens (including phenoxy) is 1. The van der Waals surface area contributed by atoms with E-state index in [1.807, 2.05) is 18.2 Å². The predicted octanol–water partition coefficient (Wildman–Crippen LogP) is 3.28. The van der Waals surface area contributed by atoms with E-state index in [9.17, 15) is 14.7 Å². The fraction of sp³-hybridized carbons (Fsp3) is 0.111. The van der Waals surface area contributed by atoms with Crippen LogP contribution in [-0.4, -0.2) is 28.4 Å². The largest absolute Gasteiger partial charge is 0.455 e. The summed E-state index contributed by atoms with van der Waals surface area (Å²) in [6.07, 6.45) is 0.0418. The molecule has 5 nitrogen and oxygen atoms in total. The van der Waals surface area contributed by atoms with Gasteiger partial charge in [-0.05, 0) is 12.1 Å². The highest BCUT2D eigenvalue weighted by molar-refractivity contribution is 6.31. The number of aliphatic hydroxyl groups is 1. The molecule has 0 unspecified atom stereocenters. The Morgan fingerprint density at radius 2 is 1.83 bits per heavy atom. The van der Waals surface area contributed by atoms with Gasteiger partial charge in [-0.15, -0.1) is 0 Å². The molecule has 122 valence electrons. The average Bonchev–Trinajstić information content (AvgIpc) is 3.03. The van der Waals surface area contributed by atoms with Crippen molar-refractivity contribution in [2.24, 2.45) is 0 Å². The van der Waals surface area contributed by atoms with E-state index in [0.717, 1.165) is 10.9 Å². The fourth-order valence-corrected chi connectivity index (χ4v) is 2.66. The van der Waals surface area contributed by atoms with Crippen LogP contribution in [0.25, 0.3) is 10.9 Å². The van der Waals surface area contributed by atoms with Gasteiger partial charge in [-0.1, -0.05) is 48.0 Å². The molecule has 1 atom stereocenters. The Hall–Kier alpha value is -2.63. The van der Waals surface area contributed by atoms with Crippen molar-refractivity contribution in [3.8, 4) is 0 Å². The van der Waals surface area contributed by atoms with Crippen LogP contribution in [0.5, 0.6) is 0 Å². The van der Waals surface area contributed by atoms with Crippen molar-refractivity contribution in [3.63, 3.8) is 0 Å². The summed E-state index contributed by atoms with van der Waals surface area (Å²) in [6, 6.07) is 13.7. The maximum atomic E-state index is 12.2. The van der Waals surface area contributed by atoms with E-state index in [1.54, 1.807) is 30.5 Å². The van der Waals surface area contributed by atoms with Gasteiger partial charge in [0, 0.05) is 33.2 Å². The number of esters is 1. The minimum Gasteiger partial charge on any atom is -0.455 e. The summed E-state index contributed by atoms with van der Waals surface area (Å²) in [5.74, 6) is -1.27. The molecule has 0 saturated heterocycles. The van der Waals surface area contributed by atoms with Crippen LogP contribution in [0.2, 0.25) is 5.02 Å². The van der Waals surface area contributed by atoms with Gasteiger partial charge in [-0.2, -0.15) is 0 Å². The number of aromatic amines is 1. The smallest absolute Gasteiger partial charge is 0.340 e. The molecule has 0 saturated carbocycles. The Morgan fingerprint density at radius 1 is 1.12 bits per heavy atom. The van der Waals surface area contributed by atoms with Crippen LogP contribution in [0.3, 0.4) is 0 Å². The van der Waals surface area contributed by atoms with Crippen LogP contribution in [-0.2, 0) is 9.53 Å². The molecule has 3 rings (SSSR count). The minimum atomic E-state index is -1.53. The lowest BCUT2D eigenvalue weighted by Gasteiger charge is -2.11. The van der Waals surface area contributed by atoms with Crippen LogP contribution < -0.4 is 0 Å². The Bertz CT molecular complexity index is 903. The predicted molar refractivity (Wildman–Crippen MR) is 90.0 cm³/mol. The molecule has 6 heteroatoms. The summed E-state index contributed by atoms with van der Waals surface area (Å²) in [4.78, 5) is 27.2. The maximum Gasteiger partial charge on any atom is 0.340 e. The molecule has 1 aromatic heterocycles. The van der Waals surface area contributed by atoms with E-state index in [4.69, 9.17) is 16.3 Å². The van der Waals surface area contributed by atoms with Crippen molar-refractivity contribution < 1.29 is 19.4 Å². The fourth-order valence-electron chi connectivity index (χ4n) is 2.42. The van der Waals surface area contributed by atoms with Gasteiger partial charge in [0.2, 0.25) is 5.78 Å². The van der Waals surface area contributed by atoms with Crippen LogP contribution in [0.15, 0.2) is 54.7 Å². The number of carbonyl (C=O) groups excluding carboxylic acids is 2. The summed E-state index contributed by atoms with van der Waals surface area (Å²) in [6.45, 7) is -0.456. The van der Waals surface area contributed by atoms with Gasteiger partial charge in [-0.3, -0.25) is 4.79 Å². The number of H-pyrrole nitrogens is 1. The van der Waals surface area contributed by atoms with E-state index in [-0.39, 0.29) is 16.4 Å². The number of halogens is 1. The molecule has 2 N–H and O–H groups in total. The van der Waals surface area contributed by atoms with Gasteiger partial charge in [-0.25, -0.2) is 4.79 Å². The van der Waals surface area contributed by atoms with E-state index >= 15 is 0 Å². The molecule has 3 aromatic rings. The lowest BCUT2D eigenvalue weighted by atomic mass is 10.1. The average molecular weight is 344 g/mol. The van der Waals surface area contributed by atoms with Gasteiger partial charge in [0.15, 0.2) is 12.7 Å². The molecule has 2 aromatic carbocycles. The first-order valence-corrected chi connectivity index (χ1v) is 7.64. The monoisotopic (exact) mass is 343 g/mol. The highest BCUT2D eigenvalue weighted by Crippen LogP contribution is 2.24. The number of hydrogen-bond acceptors (Lipinski definition) is 4. The number of para-hydroxylation sites is 1. The summed E-state index contributed by atoms with van der Waals surface area (Å²) < 4.78 is 4.94. The van der Waals surface area contributed by atoms with Gasteiger partial charge >= 0.3 is 5.97 Å². The number of carbonyl (C=O) groups is 2. The zero-order chi connectivity index (χ0) is 17.1. The normalized spacial score (nSPS) is 12.1. The lowest BCUT2D eigenvalue weighted by Crippen LogP contribution is -2.20. The summed E-state index contributed by atoms with van der Waals surface area (Å²) in [5.41, 5.74) is 1.50. The minimum absolute atomic E-state index is 0.240. The molecule has 0 bridgehead atoms. The van der Waals surface area contributed by atoms with Crippen molar-refractivity contribution in [1.29, 1.82) is 0 Å². The number of aromatic nitrogens is 1. The molecular formula is C18H14ClNO4. The molecule has 24 heavy (non-hydrogen) atoms. The van der Waals surface area contributed by atoms with Crippen LogP contribution >= 0.6 is 11.6 Å². The number of nitrogens with one attached hydrogen (secondary N) is 1. The highest BCUT2D eigenvalue weighted by atomic mass is 35.5. The summed E-state index contributed by atoms with van der Waals surface area (Å²) in [7, 11) is 0. The first-order valence-electron chi connectivity index (χ1n) is 7.26. The highest BCUT2D eigenvalue weighted by Gasteiger charge is 2.23. The molecule has 0 aliphatic heterocycles. The van der Waals surface area contributed by atoms with Gasteiger partial charge in [0.25, 0.3) is 0 Å². The molecule has 0 aliphatic carbocycles. The number of fused-ring (bicyclic) bond motifs is 1. The molecular weight excluding hydrogens is 330 g/mol. The number of benzene rings is 2. The number of Topliss-reactive ketones (excluding diaryl/α,β-unsaturated/α-hetero) is 1. The van der Waals surface area contributed by atoms with Crippen molar-refractivity contribution in [3.05, 3.63) is 70.9 Å². The SMILES string of the molecule is O=C(COC(=O)[C@H](O)c1ccccc1Cl)c1c[nH]c2ccccc12. The van der Waals surface area contributed by atoms with Crippen molar-refractivity contribution >= 4 is 34.3 Å². The quantitative estimate of drug-likeness (QED) is 0.550. The van der Waals surface area contributed by atoms with Crippen LogP contribution in [0.4, 0.5) is 0 Å². The summed E-state index contributed by atoms with van der Waals surface area (Å²) >= 11 is 5.93. The van der Waals surface area contributed by atoms with E-state index in [0.29, 0.717) is 5.56 Å². The summed E-state index contributed by atoms with van der Waals surface area (Å²) in [5, 5.41) is 11.0. The van der Waals surface area contributed by atoms with Crippen LogP contribution in [0.1, 0.15) is 22.0 Å². The van der Waals surface area contributed by atoms with Crippen molar-refractivity contribution in [2.75, 3.05) is 6.61 Å². The van der Waals surface area contributed by atoms with Crippen molar-refractivity contribution in [2.45, 2.75) is 6.10 Å². The van der Waals surface area contributed by atoms with Gasteiger partial charge in [0.1, 0.15) is 0 Å². The number of aliphatic hydroxyl groups excluding tert-OH is 1. The number of ketones is 1. The van der Waals surface area contributed by atoms with Gasteiger partial charge in [0.05, 0.1) is 0 Å². The molecule has 0 amide bonds. The van der Waals surface area contributed by atoms with Gasteiger partial charge < -0.3 is 14.8 Å². The maximum absolute atomic E-state index is 12.2. The van der Waals surface area contributed by atoms with Crippen molar-refractivity contribution in [1.82, 2.24) is 4.98 Å². The lowest BCUT2D eigenvalue weighted by molar-refractivity contribution is -0.152. The third-order valence-electron chi connectivity index (χ3n) is 3.66. The van der Waals surface area contributed by atoms with E-state index in [1.165, 1.54) is 6.07 Å². The Morgan fingerprint density at radius 3 is 2.62 bits per heavy atom. The Balaban J connectivity index is 1.68. The second-order valence-electron chi connectivity index (χ2n) is 5.20. The molecule has 0 spiro atoms. The topological polar surface area (TPSA) is 79.4 Å².